The van der Waals surface area contributed by atoms with Crippen molar-refractivity contribution in [2.75, 3.05) is 24.5 Å². The molecule has 3 nitrogen and oxygen atoms in total. The third-order valence-corrected chi connectivity index (χ3v) is 3.44. The molecule has 1 atom stereocenters. The van der Waals surface area contributed by atoms with Gasteiger partial charge in [-0.05, 0) is 18.2 Å². The Labute approximate surface area is 100 Å². The Morgan fingerprint density at radius 3 is 3.31 bits per heavy atom. The van der Waals surface area contributed by atoms with E-state index in [1.807, 2.05) is 24.4 Å². The maximum absolute atomic E-state index is 6.07. The zero-order chi connectivity index (χ0) is 11.0. The average Bonchev–Trinajstić information content (AvgIpc) is 2.48. The van der Waals surface area contributed by atoms with Crippen molar-refractivity contribution < 1.29 is 0 Å². The fourth-order valence-electron chi connectivity index (χ4n) is 2.40. The first kappa shape index (κ1) is 10.1. The summed E-state index contributed by atoms with van der Waals surface area (Å²) in [6.07, 6.45) is 3.02. The average molecular weight is 236 g/mol. The highest BCUT2D eigenvalue weighted by atomic mass is 35.5. The van der Waals surface area contributed by atoms with E-state index in [0.29, 0.717) is 6.04 Å². The van der Waals surface area contributed by atoms with Crippen LogP contribution in [0.25, 0.3) is 0 Å². The molecule has 4 heteroatoms. The Hall–Kier alpha value is -1.06. The smallest absolute Gasteiger partial charge is 0.0860 e. The monoisotopic (exact) mass is 235 g/mol. The topological polar surface area (TPSA) is 27.6 Å². The van der Waals surface area contributed by atoms with Gasteiger partial charge in [0, 0.05) is 43.3 Å². The lowest BCUT2D eigenvalue weighted by Crippen LogP contribution is -2.51. The molecule has 1 aromatic rings. The van der Waals surface area contributed by atoms with Gasteiger partial charge in [0.25, 0.3) is 0 Å². The minimum Gasteiger partial charge on any atom is -0.364 e. The van der Waals surface area contributed by atoms with E-state index in [2.05, 4.69) is 15.2 Å². The highest BCUT2D eigenvalue weighted by Crippen LogP contribution is 2.35. The van der Waals surface area contributed by atoms with E-state index >= 15 is 0 Å². The second-order valence-corrected chi connectivity index (χ2v) is 4.67. The van der Waals surface area contributed by atoms with Gasteiger partial charge < -0.3 is 10.2 Å². The SMILES string of the molecule is Clc1ccc2c(c1)N1CCNC[C@@H]1CC=N2. The molecule has 0 bridgehead atoms. The van der Waals surface area contributed by atoms with Crippen molar-refractivity contribution in [3.05, 3.63) is 23.2 Å². The Morgan fingerprint density at radius 2 is 2.38 bits per heavy atom. The number of hydrogen-bond donors (Lipinski definition) is 1. The lowest BCUT2D eigenvalue weighted by Gasteiger charge is -2.37. The van der Waals surface area contributed by atoms with E-state index in [1.54, 1.807) is 0 Å². The molecule has 2 aliphatic rings. The van der Waals surface area contributed by atoms with Crippen LogP contribution in [0.4, 0.5) is 11.4 Å². The molecule has 84 valence electrons. The van der Waals surface area contributed by atoms with E-state index in [4.69, 9.17) is 11.6 Å². The molecule has 0 aromatic heterocycles. The number of rotatable bonds is 0. The van der Waals surface area contributed by atoms with Crippen LogP contribution in [0, 0.1) is 0 Å². The molecule has 2 aliphatic heterocycles. The fraction of sp³-hybridized carbons (Fsp3) is 0.417. The summed E-state index contributed by atoms with van der Waals surface area (Å²) in [5, 5.41) is 4.21. The third kappa shape index (κ3) is 1.70. The van der Waals surface area contributed by atoms with Gasteiger partial charge in [0.15, 0.2) is 0 Å². The summed E-state index contributed by atoms with van der Waals surface area (Å²) in [6, 6.07) is 6.44. The van der Waals surface area contributed by atoms with Crippen molar-refractivity contribution in [1.29, 1.82) is 0 Å². The van der Waals surface area contributed by atoms with Gasteiger partial charge in [0.1, 0.15) is 0 Å². The van der Waals surface area contributed by atoms with Gasteiger partial charge in [0.05, 0.1) is 11.4 Å². The fourth-order valence-corrected chi connectivity index (χ4v) is 2.56. The first-order valence-electron chi connectivity index (χ1n) is 5.64. The van der Waals surface area contributed by atoms with Gasteiger partial charge >= 0.3 is 0 Å². The number of benzene rings is 1. The molecule has 0 radical (unpaired) electrons. The van der Waals surface area contributed by atoms with Gasteiger partial charge in [-0.25, -0.2) is 0 Å². The number of anilines is 1. The molecule has 1 N–H and O–H groups in total. The van der Waals surface area contributed by atoms with Crippen LogP contribution in [0.1, 0.15) is 6.42 Å². The second-order valence-electron chi connectivity index (χ2n) is 4.23. The molecule has 2 heterocycles. The van der Waals surface area contributed by atoms with Crippen LogP contribution >= 0.6 is 11.6 Å². The van der Waals surface area contributed by atoms with Crippen LogP contribution in [0.2, 0.25) is 5.02 Å². The van der Waals surface area contributed by atoms with Crippen molar-refractivity contribution in [2.45, 2.75) is 12.5 Å². The van der Waals surface area contributed by atoms with Crippen LogP contribution in [0.5, 0.6) is 0 Å². The van der Waals surface area contributed by atoms with Gasteiger partial charge in [-0.1, -0.05) is 11.6 Å². The van der Waals surface area contributed by atoms with Crippen molar-refractivity contribution in [3.63, 3.8) is 0 Å². The first-order chi connectivity index (χ1) is 7.84. The molecule has 1 aromatic carbocycles. The van der Waals surface area contributed by atoms with Gasteiger partial charge in [-0.3, -0.25) is 4.99 Å². The van der Waals surface area contributed by atoms with Crippen molar-refractivity contribution in [3.8, 4) is 0 Å². The predicted molar refractivity (Wildman–Crippen MR) is 68.2 cm³/mol. The number of nitrogens with one attached hydrogen (secondary N) is 1. The van der Waals surface area contributed by atoms with Crippen LogP contribution < -0.4 is 10.2 Å². The molecule has 0 spiro atoms. The van der Waals surface area contributed by atoms with E-state index in [1.165, 1.54) is 5.69 Å². The number of nitrogens with zero attached hydrogens (tertiary/aromatic N) is 2. The summed E-state index contributed by atoms with van der Waals surface area (Å²) in [5.41, 5.74) is 2.21. The minimum absolute atomic E-state index is 0.511. The maximum Gasteiger partial charge on any atom is 0.0860 e. The van der Waals surface area contributed by atoms with Gasteiger partial charge in [-0.2, -0.15) is 0 Å². The highest BCUT2D eigenvalue weighted by Gasteiger charge is 2.25. The molecule has 1 fully saturated rings. The summed E-state index contributed by atoms with van der Waals surface area (Å²) in [6.45, 7) is 3.09. The van der Waals surface area contributed by atoms with E-state index < -0.39 is 0 Å². The van der Waals surface area contributed by atoms with Crippen molar-refractivity contribution in [1.82, 2.24) is 5.32 Å². The van der Waals surface area contributed by atoms with Crippen LogP contribution in [-0.2, 0) is 0 Å². The van der Waals surface area contributed by atoms with Crippen LogP contribution in [-0.4, -0.2) is 31.9 Å². The van der Waals surface area contributed by atoms with Gasteiger partial charge in [-0.15, -0.1) is 0 Å². The summed E-state index contributed by atoms with van der Waals surface area (Å²) >= 11 is 6.07. The lowest BCUT2D eigenvalue weighted by atomic mass is 10.1. The Balaban J connectivity index is 2.06. The zero-order valence-electron chi connectivity index (χ0n) is 8.99. The second kappa shape index (κ2) is 4.07. The number of halogens is 1. The summed E-state index contributed by atoms with van der Waals surface area (Å²) in [7, 11) is 0. The molecule has 0 unspecified atom stereocenters. The maximum atomic E-state index is 6.07. The molecule has 3 rings (SSSR count). The zero-order valence-corrected chi connectivity index (χ0v) is 9.74. The molecule has 1 saturated heterocycles. The van der Waals surface area contributed by atoms with Crippen molar-refractivity contribution >= 4 is 29.2 Å². The third-order valence-electron chi connectivity index (χ3n) is 3.20. The molecular weight excluding hydrogens is 222 g/mol. The summed E-state index contributed by atoms with van der Waals surface area (Å²) in [5.74, 6) is 0. The normalized spacial score (nSPS) is 23.6. The minimum atomic E-state index is 0.511. The summed E-state index contributed by atoms with van der Waals surface area (Å²) in [4.78, 5) is 6.92. The summed E-state index contributed by atoms with van der Waals surface area (Å²) < 4.78 is 0. The molecular formula is C12H14ClN3. The highest BCUT2D eigenvalue weighted by molar-refractivity contribution is 6.31. The molecule has 0 aliphatic carbocycles. The first-order valence-corrected chi connectivity index (χ1v) is 6.02. The molecule has 0 amide bonds. The van der Waals surface area contributed by atoms with Crippen LogP contribution in [0.3, 0.4) is 0 Å². The number of piperazine rings is 1. The number of aliphatic imine (C=N–C) groups is 1. The quantitative estimate of drug-likeness (QED) is 0.747. The van der Waals surface area contributed by atoms with E-state index in [-0.39, 0.29) is 0 Å². The number of fused-ring (bicyclic) bond motifs is 3. The van der Waals surface area contributed by atoms with Crippen molar-refractivity contribution in [2.24, 2.45) is 4.99 Å². The van der Waals surface area contributed by atoms with E-state index in [0.717, 1.165) is 36.8 Å². The number of hydrogen-bond acceptors (Lipinski definition) is 3. The molecule has 16 heavy (non-hydrogen) atoms. The van der Waals surface area contributed by atoms with Gasteiger partial charge in [0.2, 0.25) is 0 Å². The Kier molecular flexibility index (Phi) is 2.58. The Morgan fingerprint density at radius 1 is 1.44 bits per heavy atom. The standard InChI is InChI=1S/C12H14ClN3/c13-9-1-2-11-12(7-9)16-6-5-14-8-10(16)3-4-15-11/h1-2,4,7,10,14H,3,5-6,8H2/t10-/m0/s1. The Bertz CT molecular complexity index is 430. The van der Waals surface area contributed by atoms with Crippen LogP contribution in [0.15, 0.2) is 23.2 Å². The molecule has 0 saturated carbocycles. The van der Waals surface area contributed by atoms with E-state index in [9.17, 15) is 0 Å². The lowest BCUT2D eigenvalue weighted by molar-refractivity contribution is 0.489. The largest absolute Gasteiger partial charge is 0.364 e. The predicted octanol–water partition coefficient (Wildman–Crippen LogP) is 2.22.